The van der Waals surface area contributed by atoms with Gasteiger partial charge >= 0.3 is 0 Å². The molecular weight excluding hydrogens is 250 g/mol. The molecule has 0 spiro atoms. The van der Waals surface area contributed by atoms with E-state index < -0.39 is 0 Å². The van der Waals surface area contributed by atoms with Gasteiger partial charge in [0.25, 0.3) is 5.91 Å². The first-order valence-corrected chi connectivity index (χ1v) is 6.22. The molecule has 2 rings (SSSR count). The van der Waals surface area contributed by atoms with E-state index in [1.54, 1.807) is 18.2 Å². The number of carbonyl (C=O) groups is 1. The van der Waals surface area contributed by atoms with E-state index in [0.717, 1.165) is 25.9 Å². The molecule has 1 aromatic rings. The molecule has 1 aliphatic heterocycles. The molecule has 1 saturated heterocycles. The maximum atomic E-state index is 12.2. The highest BCUT2D eigenvalue weighted by atomic mass is 35.5. The van der Waals surface area contributed by atoms with Crippen LogP contribution in [0.2, 0.25) is 0 Å². The number of aromatic nitrogens is 1. The van der Waals surface area contributed by atoms with E-state index in [-0.39, 0.29) is 18.3 Å². The van der Waals surface area contributed by atoms with Gasteiger partial charge in [-0.25, -0.2) is 4.98 Å². The normalized spacial score (nSPS) is 19.2. The van der Waals surface area contributed by atoms with Crippen molar-refractivity contribution in [1.29, 1.82) is 0 Å². The average molecular weight is 270 g/mol. The largest absolute Gasteiger partial charge is 0.384 e. The second-order valence-corrected chi connectivity index (χ2v) is 4.62. The van der Waals surface area contributed by atoms with E-state index in [2.05, 4.69) is 11.9 Å². The van der Waals surface area contributed by atoms with Crippen molar-refractivity contribution in [2.75, 3.05) is 18.8 Å². The Morgan fingerprint density at radius 1 is 1.56 bits per heavy atom. The highest BCUT2D eigenvalue weighted by molar-refractivity contribution is 5.92. The Labute approximate surface area is 114 Å². The highest BCUT2D eigenvalue weighted by Gasteiger charge is 2.24. The van der Waals surface area contributed by atoms with Gasteiger partial charge < -0.3 is 10.6 Å². The summed E-state index contributed by atoms with van der Waals surface area (Å²) in [6.45, 7) is 3.87. The second kappa shape index (κ2) is 6.59. The quantitative estimate of drug-likeness (QED) is 0.897. The SMILES string of the molecule is CCC1CCCN(C(=O)c2cccc(N)n2)C1.Cl. The number of halogens is 1. The van der Waals surface area contributed by atoms with Gasteiger partial charge in [0.15, 0.2) is 0 Å². The predicted octanol–water partition coefficient (Wildman–Crippen LogP) is 2.35. The summed E-state index contributed by atoms with van der Waals surface area (Å²) in [6, 6.07) is 5.20. The third-order valence-electron chi connectivity index (χ3n) is 3.37. The van der Waals surface area contributed by atoms with E-state index in [1.165, 1.54) is 6.42 Å². The van der Waals surface area contributed by atoms with E-state index in [9.17, 15) is 4.79 Å². The second-order valence-electron chi connectivity index (χ2n) is 4.62. The molecule has 100 valence electrons. The fourth-order valence-corrected chi connectivity index (χ4v) is 2.32. The number of nitrogen functional groups attached to an aromatic ring is 1. The number of hydrogen-bond acceptors (Lipinski definition) is 3. The molecule has 0 bridgehead atoms. The lowest BCUT2D eigenvalue weighted by atomic mass is 9.95. The van der Waals surface area contributed by atoms with Gasteiger partial charge in [-0.2, -0.15) is 0 Å². The van der Waals surface area contributed by atoms with Crippen molar-refractivity contribution in [3.63, 3.8) is 0 Å². The summed E-state index contributed by atoms with van der Waals surface area (Å²) >= 11 is 0. The Morgan fingerprint density at radius 2 is 2.33 bits per heavy atom. The van der Waals surface area contributed by atoms with Gasteiger partial charge in [0.1, 0.15) is 11.5 Å². The maximum absolute atomic E-state index is 12.2. The van der Waals surface area contributed by atoms with Crippen LogP contribution in [-0.2, 0) is 0 Å². The first-order chi connectivity index (χ1) is 8.20. The lowest BCUT2D eigenvalue weighted by Gasteiger charge is -2.32. The molecular formula is C13H20ClN3O. The summed E-state index contributed by atoms with van der Waals surface area (Å²) in [5.41, 5.74) is 6.06. The zero-order valence-corrected chi connectivity index (χ0v) is 11.4. The minimum absolute atomic E-state index is 0. The van der Waals surface area contributed by atoms with Crippen molar-refractivity contribution in [2.45, 2.75) is 26.2 Å². The number of nitrogens with zero attached hydrogens (tertiary/aromatic N) is 2. The first kappa shape index (κ1) is 14.8. The third kappa shape index (κ3) is 3.35. The van der Waals surface area contributed by atoms with Gasteiger partial charge in [-0.1, -0.05) is 19.4 Å². The molecule has 0 radical (unpaired) electrons. The fraction of sp³-hybridized carbons (Fsp3) is 0.538. The molecule has 1 atom stereocenters. The Bertz CT molecular complexity index is 411. The van der Waals surface area contributed by atoms with Crippen LogP contribution in [0, 0.1) is 5.92 Å². The monoisotopic (exact) mass is 269 g/mol. The molecule has 18 heavy (non-hydrogen) atoms. The van der Waals surface area contributed by atoms with Crippen LogP contribution in [0.25, 0.3) is 0 Å². The molecule has 1 aliphatic rings. The van der Waals surface area contributed by atoms with Crippen molar-refractivity contribution >= 4 is 24.1 Å². The first-order valence-electron chi connectivity index (χ1n) is 6.22. The van der Waals surface area contributed by atoms with Crippen LogP contribution in [0.5, 0.6) is 0 Å². The Hall–Kier alpha value is -1.29. The minimum Gasteiger partial charge on any atom is -0.384 e. The number of anilines is 1. The maximum Gasteiger partial charge on any atom is 0.272 e. The molecule has 0 aliphatic carbocycles. The van der Waals surface area contributed by atoms with Crippen LogP contribution < -0.4 is 5.73 Å². The Morgan fingerprint density at radius 3 is 3.00 bits per heavy atom. The van der Waals surface area contributed by atoms with Crippen LogP contribution in [0.1, 0.15) is 36.7 Å². The molecule has 1 aromatic heterocycles. The molecule has 2 heterocycles. The summed E-state index contributed by atoms with van der Waals surface area (Å²) in [4.78, 5) is 18.2. The van der Waals surface area contributed by atoms with Crippen molar-refractivity contribution in [3.8, 4) is 0 Å². The van der Waals surface area contributed by atoms with Gasteiger partial charge in [-0.3, -0.25) is 4.79 Å². The highest BCUT2D eigenvalue weighted by Crippen LogP contribution is 2.20. The molecule has 4 nitrogen and oxygen atoms in total. The van der Waals surface area contributed by atoms with E-state index >= 15 is 0 Å². The number of rotatable bonds is 2. The molecule has 1 unspecified atom stereocenters. The van der Waals surface area contributed by atoms with Crippen LogP contribution >= 0.6 is 12.4 Å². The van der Waals surface area contributed by atoms with Gasteiger partial charge in [-0.15, -0.1) is 12.4 Å². The van der Waals surface area contributed by atoms with Crippen LogP contribution in [0.15, 0.2) is 18.2 Å². The molecule has 1 fully saturated rings. The Balaban J connectivity index is 0.00000162. The minimum atomic E-state index is 0. The molecule has 1 amide bonds. The molecule has 0 saturated carbocycles. The third-order valence-corrected chi connectivity index (χ3v) is 3.37. The van der Waals surface area contributed by atoms with Crippen LogP contribution in [-0.4, -0.2) is 28.9 Å². The summed E-state index contributed by atoms with van der Waals surface area (Å²) < 4.78 is 0. The van der Waals surface area contributed by atoms with Crippen molar-refractivity contribution in [1.82, 2.24) is 9.88 Å². The lowest BCUT2D eigenvalue weighted by Crippen LogP contribution is -2.40. The van der Waals surface area contributed by atoms with Gasteiger partial charge in [-0.05, 0) is 30.9 Å². The number of carbonyl (C=O) groups excluding carboxylic acids is 1. The zero-order chi connectivity index (χ0) is 12.3. The molecule has 2 N–H and O–H groups in total. The molecule has 0 aromatic carbocycles. The smallest absolute Gasteiger partial charge is 0.272 e. The summed E-state index contributed by atoms with van der Waals surface area (Å²) in [6.07, 6.45) is 3.45. The van der Waals surface area contributed by atoms with E-state index in [4.69, 9.17) is 5.73 Å². The van der Waals surface area contributed by atoms with Crippen molar-refractivity contribution in [2.24, 2.45) is 5.92 Å². The zero-order valence-electron chi connectivity index (χ0n) is 10.6. The summed E-state index contributed by atoms with van der Waals surface area (Å²) in [5, 5.41) is 0. The standard InChI is InChI=1S/C13H19N3O.ClH/c1-2-10-5-4-8-16(9-10)13(17)11-6-3-7-12(14)15-11;/h3,6-7,10H,2,4-5,8-9H2,1H3,(H2,14,15);1H. The average Bonchev–Trinajstić information content (AvgIpc) is 2.38. The summed E-state index contributed by atoms with van der Waals surface area (Å²) in [5.74, 6) is 1.05. The number of piperidine rings is 1. The van der Waals surface area contributed by atoms with Gasteiger partial charge in [0.2, 0.25) is 0 Å². The number of hydrogen-bond donors (Lipinski definition) is 1. The van der Waals surface area contributed by atoms with Gasteiger partial charge in [0.05, 0.1) is 0 Å². The number of pyridine rings is 1. The topological polar surface area (TPSA) is 59.2 Å². The summed E-state index contributed by atoms with van der Waals surface area (Å²) in [7, 11) is 0. The van der Waals surface area contributed by atoms with Crippen molar-refractivity contribution < 1.29 is 4.79 Å². The number of amides is 1. The van der Waals surface area contributed by atoms with Crippen LogP contribution in [0.4, 0.5) is 5.82 Å². The molecule has 5 heteroatoms. The Kier molecular flexibility index (Phi) is 5.41. The van der Waals surface area contributed by atoms with Crippen molar-refractivity contribution in [3.05, 3.63) is 23.9 Å². The fourth-order valence-electron chi connectivity index (χ4n) is 2.32. The lowest BCUT2D eigenvalue weighted by molar-refractivity contribution is 0.0665. The predicted molar refractivity (Wildman–Crippen MR) is 74.8 cm³/mol. The van der Waals surface area contributed by atoms with E-state index in [0.29, 0.717) is 17.4 Å². The van der Waals surface area contributed by atoms with E-state index in [1.807, 2.05) is 4.90 Å². The number of likely N-dealkylation sites (tertiary alicyclic amines) is 1. The van der Waals surface area contributed by atoms with Crippen LogP contribution in [0.3, 0.4) is 0 Å². The number of nitrogens with two attached hydrogens (primary N) is 1. The van der Waals surface area contributed by atoms with Gasteiger partial charge in [0, 0.05) is 13.1 Å².